The summed E-state index contributed by atoms with van der Waals surface area (Å²) in [6.45, 7) is 2.21. The van der Waals surface area contributed by atoms with Gasteiger partial charge in [0.15, 0.2) is 0 Å². The average Bonchev–Trinajstić information content (AvgIpc) is 2.41. The summed E-state index contributed by atoms with van der Waals surface area (Å²) in [5.41, 5.74) is 2.46. The van der Waals surface area contributed by atoms with Crippen LogP contribution in [0, 0.1) is 5.82 Å². The van der Waals surface area contributed by atoms with Crippen molar-refractivity contribution in [2.75, 3.05) is 11.9 Å². The highest BCUT2D eigenvalue weighted by molar-refractivity contribution is 9.10. The highest BCUT2D eigenvalue weighted by Crippen LogP contribution is 2.29. The number of nitrogens with zero attached hydrogens (tertiary/aromatic N) is 1. The summed E-state index contributed by atoms with van der Waals surface area (Å²) in [5.74, 6) is -0.198. The van der Waals surface area contributed by atoms with E-state index >= 15 is 0 Å². The van der Waals surface area contributed by atoms with Gasteiger partial charge in [-0.05, 0) is 46.6 Å². The number of benzene rings is 2. The number of halogens is 2. The monoisotopic (exact) mass is 337 g/mol. The van der Waals surface area contributed by atoms with Crippen LogP contribution in [0.2, 0.25) is 0 Å². The SMILES string of the molecule is C[C@@H](O)c1ccc(N(C)Cc2ccccc2F)c(Br)c1. The third-order valence-electron chi connectivity index (χ3n) is 3.23. The van der Waals surface area contributed by atoms with Crippen molar-refractivity contribution < 1.29 is 9.50 Å². The van der Waals surface area contributed by atoms with E-state index in [2.05, 4.69) is 15.9 Å². The van der Waals surface area contributed by atoms with Crippen LogP contribution in [0.4, 0.5) is 10.1 Å². The van der Waals surface area contributed by atoms with Gasteiger partial charge in [-0.2, -0.15) is 0 Å². The van der Waals surface area contributed by atoms with Crippen molar-refractivity contribution in [1.82, 2.24) is 0 Å². The molecule has 0 saturated carbocycles. The van der Waals surface area contributed by atoms with Crippen LogP contribution in [0.5, 0.6) is 0 Å². The third kappa shape index (κ3) is 3.38. The lowest BCUT2D eigenvalue weighted by Crippen LogP contribution is -2.17. The van der Waals surface area contributed by atoms with Gasteiger partial charge in [0.2, 0.25) is 0 Å². The molecule has 0 bridgehead atoms. The van der Waals surface area contributed by atoms with Crippen LogP contribution in [0.3, 0.4) is 0 Å². The Labute approximate surface area is 127 Å². The Bertz CT molecular complexity index is 601. The van der Waals surface area contributed by atoms with E-state index in [-0.39, 0.29) is 5.82 Å². The number of aliphatic hydroxyl groups is 1. The maximum atomic E-state index is 13.7. The van der Waals surface area contributed by atoms with Crippen molar-refractivity contribution >= 4 is 21.6 Å². The average molecular weight is 338 g/mol. The predicted octanol–water partition coefficient (Wildman–Crippen LogP) is 4.28. The van der Waals surface area contributed by atoms with Crippen LogP contribution in [-0.2, 0) is 6.54 Å². The lowest BCUT2D eigenvalue weighted by atomic mass is 10.1. The molecule has 4 heteroatoms. The Morgan fingerprint density at radius 2 is 1.95 bits per heavy atom. The van der Waals surface area contributed by atoms with E-state index in [4.69, 9.17) is 0 Å². The van der Waals surface area contributed by atoms with Gasteiger partial charge in [0, 0.05) is 23.6 Å². The molecule has 1 atom stereocenters. The van der Waals surface area contributed by atoms with Crippen LogP contribution in [-0.4, -0.2) is 12.2 Å². The van der Waals surface area contributed by atoms with Gasteiger partial charge in [-0.1, -0.05) is 24.3 Å². The molecule has 2 nitrogen and oxygen atoms in total. The van der Waals surface area contributed by atoms with Gasteiger partial charge in [0.05, 0.1) is 11.8 Å². The molecule has 2 rings (SSSR count). The fourth-order valence-electron chi connectivity index (χ4n) is 2.06. The second-order valence-corrected chi connectivity index (χ2v) is 5.69. The first-order chi connectivity index (χ1) is 9.49. The zero-order valence-electron chi connectivity index (χ0n) is 11.5. The number of rotatable bonds is 4. The molecule has 0 unspecified atom stereocenters. The molecule has 2 aromatic rings. The molecule has 0 heterocycles. The molecule has 0 aromatic heterocycles. The zero-order chi connectivity index (χ0) is 14.7. The largest absolute Gasteiger partial charge is 0.389 e. The van der Waals surface area contributed by atoms with Crippen molar-refractivity contribution in [3.05, 3.63) is 63.9 Å². The van der Waals surface area contributed by atoms with E-state index in [0.29, 0.717) is 12.1 Å². The molecule has 0 aliphatic heterocycles. The third-order valence-corrected chi connectivity index (χ3v) is 3.87. The minimum absolute atomic E-state index is 0.198. The highest BCUT2D eigenvalue weighted by atomic mass is 79.9. The number of anilines is 1. The van der Waals surface area contributed by atoms with Crippen LogP contribution in [0.25, 0.3) is 0 Å². The highest BCUT2D eigenvalue weighted by Gasteiger charge is 2.11. The normalized spacial score (nSPS) is 12.2. The molecule has 20 heavy (non-hydrogen) atoms. The number of aliphatic hydroxyl groups excluding tert-OH is 1. The summed E-state index contributed by atoms with van der Waals surface area (Å²) in [4.78, 5) is 1.97. The van der Waals surface area contributed by atoms with E-state index < -0.39 is 6.10 Å². The van der Waals surface area contributed by atoms with E-state index in [9.17, 15) is 9.50 Å². The van der Waals surface area contributed by atoms with Crippen molar-refractivity contribution in [1.29, 1.82) is 0 Å². The smallest absolute Gasteiger partial charge is 0.128 e. The molecular formula is C16H17BrFNO. The molecule has 0 radical (unpaired) electrons. The van der Waals surface area contributed by atoms with Crippen molar-refractivity contribution in [2.45, 2.75) is 19.6 Å². The minimum Gasteiger partial charge on any atom is -0.389 e. The van der Waals surface area contributed by atoms with Gasteiger partial charge >= 0.3 is 0 Å². The lowest BCUT2D eigenvalue weighted by molar-refractivity contribution is 0.199. The van der Waals surface area contributed by atoms with Crippen molar-refractivity contribution in [3.8, 4) is 0 Å². The molecule has 1 N–H and O–H groups in total. The molecule has 0 aliphatic rings. The van der Waals surface area contributed by atoms with Crippen LogP contribution < -0.4 is 4.90 Å². The van der Waals surface area contributed by atoms with Gasteiger partial charge in [-0.25, -0.2) is 4.39 Å². The molecule has 0 fully saturated rings. The van der Waals surface area contributed by atoms with Gasteiger partial charge in [-0.15, -0.1) is 0 Å². The first-order valence-electron chi connectivity index (χ1n) is 6.41. The van der Waals surface area contributed by atoms with Crippen LogP contribution in [0.15, 0.2) is 46.9 Å². The van der Waals surface area contributed by atoms with Crippen molar-refractivity contribution in [3.63, 3.8) is 0 Å². The Morgan fingerprint density at radius 3 is 2.55 bits per heavy atom. The van der Waals surface area contributed by atoms with Gasteiger partial charge in [-0.3, -0.25) is 0 Å². The van der Waals surface area contributed by atoms with E-state index in [1.807, 2.05) is 36.2 Å². The minimum atomic E-state index is -0.503. The first-order valence-corrected chi connectivity index (χ1v) is 7.20. The van der Waals surface area contributed by atoms with Crippen LogP contribution >= 0.6 is 15.9 Å². The maximum absolute atomic E-state index is 13.7. The second-order valence-electron chi connectivity index (χ2n) is 4.83. The Morgan fingerprint density at radius 1 is 1.25 bits per heavy atom. The quantitative estimate of drug-likeness (QED) is 0.900. The molecular weight excluding hydrogens is 321 g/mol. The number of hydrogen-bond acceptors (Lipinski definition) is 2. The molecule has 0 spiro atoms. The van der Waals surface area contributed by atoms with E-state index in [0.717, 1.165) is 15.7 Å². The summed E-state index contributed by atoms with van der Waals surface area (Å²) in [5, 5.41) is 9.57. The van der Waals surface area contributed by atoms with Gasteiger partial charge < -0.3 is 10.0 Å². The lowest BCUT2D eigenvalue weighted by Gasteiger charge is -2.22. The number of hydrogen-bond donors (Lipinski definition) is 1. The van der Waals surface area contributed by atoms with Crippen molar-refractivity contribution in [2.24, 2.45) is 0 Å². The Hall–Kier alpha value is -1.39. The Balaban J connectivity index is 2.21. The van der Waals surface area contributed by atoms with E-state index in [1.54, 1.807) is 19.1 Å². The van der Waals surface area contributed by atoms with Crippen LogP contribution in [0.1, 0.15) is 24.2 Å². The fourth-order valence-corrected chi connectivity index (χ4v) is 2.76. The summed E-state index contributed by atoms with van der Waals surface area (Å²) >= 11 is 3.50. The summed E-state index contributed by atoms with van der Waals surface area (Å²) < 4.78 is 14.5. The topological polar surface area (TPSA) is 23.5 Å². The van der Waals surface area contributed by atoms with E-state index in [1.165, 1.54) is 6.07 Å². The fraction of sp³-hybridized carbons (Fsp3) is 0.250. The van der Waals surface area contributed by atoms with Gasteiger partial charge in [0.25, 0.3) is 0 Å². The Kier molecular flexibility index (Phi) is 4.78. The standard InChI is InChI=1S/C16H17BrFNO/c1-11(20)12-7-8-16(14(17)9-12)19(2)10-13-5-3-4-6-15(13)18/h3-9,11,20H,10H2,1-2H3/t11-/m1/s1. The molecule has 0 aliphatic carbocycles. The maximum Gasteiger partial charge on any atom is 0.128 e. The first kappa shape index (κ1) is 15.0. The summed E-state index contributed by atoms with van der Waals surface area (Å²) in [6.07, 6.45) is -0.503. The molecule has 0 saturated heterocycles. The zero-order valence-corrected chi connectivity index (χ0v) is 13.1. The molecule has 106 valence electrons. The summed E-state index contributed by atoms with van der Waals surface area (Å²) in [6, 6.07) is 12.5. The molecule has 0 amide bonds. The summed E-state index contributed by atoms with van der Waals surface area (Å²) in [7, 11) is 1.91. The second kappa shape index (κ2) is 6.37. The molecule has 2 aromatic carbocycles. The predicted molar refractivity (Wildman–Crippen MR) is 83.3 cm³/mol. The van der Waals surface area contributed by atoms with Gasteiger partial charge in [0.1, 0.15) is 5.82 Å².